The topological polar surface area (TPSA) is 64.4 Å². The van der Waals surface area contributed by atoms with Crippen LogP contribution < -0.4 is 5.32 Å². The first-order valence-corrected chi connectivity index (χ1v) is 4.93. The van der Waals surface area contributed by atoms with Crippen molar-refractivity contribution in [1.82, 2.24) is 5.32 Å². The van der Waals surface area contributed by atoms with Crippen molar-refractivity contribution in [1.29, 1.82) is 0 Å². The molecule has 1 atom stereocenters. The van der Waals surface area contributed by atoms with Crippen molar-refractivity contribution >= 4 is 18.1 Å². The Hall–Kier alpha value is -1.24. The van der Waals surface area contributed by atoms with E-state index in [0.717, 1.165) is 12.1 Å². The van der Waals surface area contributed by atoms with Gasteiger partial charge in [-0.05, 0) is 6.07 Å². The number of nitro benzene ring substituents is 1. The van der Waals surface area contributed by atoms with Crippen LogP contribution >= 0.6 is 12.4 Å². The Balaban J connectivity index is 0.00000144. The van der Waals surface area contributed by atoms with Crippen molar-refractivity contribution in [3.05, 3.63) is 39.7 Å². The minimum atomic E-state index is -0.535. The van der Waals surface area contributed by atoms with Gasteiger partial charge in [-0.25, -0.2) is 4.39 Å². The van der Waals surface area contributed by atoms with Gasteiger partial charge in [0.1, 0.15) is 5.82 Å². The second-order valence-corrected chi connectivity index (χ2v) is 3.54. The first-order chi connectivity index (χ1) is 7.68. The lowest BCUT2D eigenvalue weighted by atomic mass is 10.1. The molecule has 17 heavy (non-hydrogen) atoms. The van der Waals surface area contributed by atoms with E-state index in [1.807, 2.05) is 0 Å². The molecule has 1 heterocycles. The van der Waals surface area contributed by atoms with E-state index < -0.39 is 10.7 Å². The molecule has 0 saturated carbocycles. The van der Waals surface area contributed by atoms with E-state index in [1.54, 1.807) is 0 Å². The fourth-order valence-electron chi connectivity index (χ4n) is 1.68. The van der Waals surface area contributed by atoms with Crippen LogP contribution in [0.25, 0.3) is 0 Å². The summed E-state index contributed by atoms with van der Waals surface area (Å²) in [6.07, 6.45) is 0. The van der Waals surface area contributed by atoms with E-state index >= 15 is 0 Å². The zero-order valence-corrected chi connectivity index (χ0v) is 9.71. The molecule has 1 aromatic carbocycles. The van der Waals surface area contributed by atoms with Crippen LogP contribution in [0.1, 0.15) is 11.6 Å². The Bertz CT molecular complexity index is 411. The van der Waals surface area contributed by atoms with Gasteiger partial charge in [-0.3, -0.25) is 10.1 Å². The van der Waals surface area contributed by atoms with Crippen molar-refractivity contribution in [3.8, 4) is 0 Å². The average molecular weight is 263 g/mol. The van der Waals surface area contributed by atoms with E-state index in [4.69, 9.17) is 4.74 Å². The van der Waals surface area contributed by atoms with Gasteiger partial charge in [0.2, 0.25) is 0 Å². The second kappa shape index (κ2) is 5.90. The van der Waals surface area contributed by atoms with Gasteiger partial charge in [-0.1, -0.05) is 0 Å². The van der Waals surface area contributed by atoms with Crippen LogP contribution in [0.5, 0.6) is 0 Å². The van der Waals surface area contributed by atoms with Gasteiger partial charge in [-0.15, -0.1) is 12.4 Å². The lowest BCUT2D eigenvalue weighted by Gasteiger charge is -2.24. The maximum atomic E-state index is 13.5. The molecule has 0 unspecified atom stereocenters. The quantitative estimate of drug-likeness (QED) is 0.652. The number of nitrogens with zero attached hydrogens (tertiary/aromatic N) is 1. The summed E-state index contributed by atoms with van der Waals surface area (Å²) in [7, 11) is 0. The largest absolute Gasteiger partial charge is 0.378 e. The van der Waals surface area contributed by atoms with Crippen molar-refractivity contribution in [3.63, 3.8) is 0 Å². The molecule has 1 aliphatic rings. The van der Waals surface area contributed by atoms with E-state index in [9.17, 15) is 14.5 Å². The summed E-state index contributed by atoms with van der Waals surface area (Å²) in [6.45, 7) is 1.53. The van der Waals surface area contributed by atoms with Crippen LogP contribution in [-0.4, -0.2) is 24.7 Å². The molecule has 0 spiro atoms. The third-order valence-electron chi connectivity index (χ3n) is 2.49. The first-order valence-electron chi connectivity index (χ1n) is 4.93. The monoisotopic (exact) mass is 262 g/mol. The van der Waals surface area contributed by atoms with E-state index in [1.165, 1.54) is 6.07 Å². The van der Waals surface area contributed by atoms with Crippen LogP contribution in [0.2, 0.25) is 0 Å². The van der Waals surface area contributed by atoms with Crippen molar-refractivity contribution in [2.24, 2.45) is 0 Å². The third kappa shape index (κ3) is 3.12. The van der Waals surface area contributed by atoms with E-state index in [2.05, 4.69) is 5.32 Å². The Morgan fingerprint density at radius 1 is 1.53 bits per heavy atom. The smallest absolute Gasteiger partial charge is 0.269 e. The van der Waals surface area contributed by atoms with Gasteiger partial charge in [-0.2, -0.15) is 0 Å². The molecule has 0 radical (unpaired) electrons. The molecule has 0 aliphatic carbocycles. The highest BCUT2D eigenvalue weighted by molar-refractivity contribution is 5.85. The Labute approximate surface area is 104 Å². The van der Waals surface area contributed by atoms with Crippen LogP contribution in [0.15, 0.2) is 18.2 Å². The third-order valence-corrected chi connectivity index (χ3v) is 2.49. The first kappa shape index (κ1) is 13.8. The fourth-order valence-corrected chi connectivity index (χ4v) is 1.68. The lowest BCUT2D eigenvalue weighted by Crippen LogP contribution is -2.35. The molecule has 1 saturated heterocycles. The Morgan fingerprint density at radius 3 is 2.88 bits per heavy atom. The molecule has 0 amide bonds. The van der Waals surface area contributed by atoms with Gasteiger partial charge in [0.25, 0.3) is 5.69 Å². The standard InChI is InChI=1S/C10H11FN2O3.ClH/c11-9-2-1-7(13(14)15)5-8(9)10-6-16-4-3-12-10;/h1-2,5,10,12H,3-4,6H2;1H/t10-;/m1./s1. The molecule has 5 nitrogen and oxygen atoms in total. The van der Waals surface area contributed by atoms with Gasteiger partial charge in [0, 0.05) is 24.2 Å². The number of nitro groups is 1. The molecule has 0 aromatic heterocycles. The highest BCUT2D eigenvalue weighted by Crippen LogP contribution is 2.23. The van der Waals surface area contributed by atoms with Crippen molar-refractivity contribution in [2.75, 3.05) is 19.8 Å². The maximum absolute atomic E-state index is 13.5. The summed E-state index contributed by atoms with van der Waals surface area (Å²) < 4.78 is 18.7. The van der Waals surface area contributed by atoms with Crippen LogP contribution in [0.4, 0.5) is 10.1 Å². The number of rotatable bonds is 2. The van der Waals surface area contributed by atoms with Crippen LogP contribution in [0, 0.1) is 15.9 Å². The van der Waals surface area contributed by atoms with Gasteiger partial charge in [0.05, 0.1) is 24.2 Å². The lowest BCUT2D eigenvalue weighted by molar-refractivity contribution is -0.385. The summed E-state index contributed by atoms with van der Waals surface area (Å²) in [5.41, 5.74) is 0.178. The number of hydrogen-bond donors (Lipinski definition) is 1. The molecule has 1 aliphatic heterocycles. The summed E-state index contributed by atoms with van der Waals surface area (Å²) in [5.74, 6) is -0.450. The summed E-state index contributed by atoms with van der Waals surface area (Å²) in [5, 5.41) is 13.6. The predicted molar refractivity (Wildman–Crippen MR) is 61.9 cm³/mol. The molecule has 2 rings (SSSR count). The average Bonchev–Trinajstić information content (AvgIpc) is 2.30. The zero-order valence-electron chi connectivity index (χ0n) is 8.89. The summed E-state index contributed by atoms with van der Waals surface area (Å²) >= 11 is 0. The molecule has 94 valence electrons. The molecule has 1 fully saturated rings. The number of morpholine rings is 1. The second-order valence-electron chi connectivity index (χ2n) is 3.54. The highest BCUT2D eigenvalue weighted by atomic mass is 35.5. The minimum absolute atomic E-state index is 0. The number of halogens is 2. The summed E-state index contributed by atoms with van der Waals surface area (Å²) in [4.78, 5) is 10.0. The Morgan fingerprint density at radius 2 is 2.29 bits per heavy atom. The SMILES string of the molecule is Cl.O=[N+]([O-])c1ccc(F)c([C@H]2COCCN2)c1. The van der Waals surface area contributed by atoms with E-state index in [0.29, 0.717) is 19.8 Å². The van der Waals surface area contributed by atoms with Crippen LogP contribution in [-0.2, 0) is 4.74 Å². The number of ether oxygens (including phenoxy) is 1. The van der Waals surface area contributed by atoms with Crippen molar-refractivity contribution in [2.45, 2.75) is 6.04 Å². The van der Waals surface area contributed by atoms with Gasteiger partial charge in [0.15, 0.2) is 0 Å². The van der Waals surface area contributed by atoms with Gasteiger partial charge < -0.3 is 10.1 Å². The van der Waals surface area contributed by atoms with Crippen LogP contribution in [0.3, 0.4) is 0 Å². The molecular formula is C10H12ClFN2O3. The number of hydrogen-bond acceptors (Lipinski definition) is 4. The molecule has 0 bridgehead atoms. The number of benzene rings is 1. The van der Waals surface area contributed by atoms with E-state index in [-0.39, 0.29) is 29.7 Å². The highest BCUT2D eigenvalue weighted by Gasteiger charge is 2.21. The summed E-state index contributed by atoms with van der Waals surface area (Å²) in [6, 6.07) is 3.21. The molecule has 7 heteroatoms. The predicted octanol–water partition coefficient (Wildman–Crippen LogP) is 1.82. The zero-order chi connectivity index (χ0) is 11.5. The number of non-ortho nitro benzene ring substituents is 1. The minimum Gasteiger partial charge on any atom is -0.378 e. The molecular weight excluding hydrogens is 251 g/mol. The van der Waals surface area contributed by atoms with Gasteiger partial charge >= 0.3 is 0 Å². The fraction of sp³-hybridized carbons (Fsp3) is 0.400. The maximum Gasteiger partial charge on any atom is 0.269 e. The molecule has 1 aromatic rings. The normalized spacial score (nSPS) is 19.5. The van der Waals surface area contributed by atoms with Crippen molar-refractivity contribution < 1.29 is 14.1 Å². The molecule has 1 N–H and O–H groups in total. The Kier molecular flexibility index (Phi) is 4.80. The number of nitrogens with one attached hydrogen (secondary N) is 1.